The Balaban J connectivity index is 2.63. The van der Waals surface area contributed by atoms with E-state index in [1.165, 1.54) is 14.2 Å². The molecule has 0 aromatic heterocycles. The van der Waals surface area contributed by atoms with Crippen molar-refractivity contribution in [2.24, 2.45) is 0 Å². The molecule has 0 aliphatic heterocycles. The molecule has 0 saturated heterocycles. The second-order valence-corrected chi connectivity index (χ2v) is 5.29. The van der Waals surface area contributed by atoms with Gasteiger partial charge in [0.25, 0.3) is 5.91 Å². The van der Waals surface area contributed by atoms with E-state index >= 15 is 0 Å². The van der Waals surface area contributed by atoms with Crippen molar-refractivity contribution in [2.45, 2.75) is 6.54 Å². The maximum absolute atomic E-state index is 11.5. The molecule has 0 radical (unpaired) electrons. The van der Waals surface area contributed by atoms with E-state index in [2.05, 4.69) is 5.32 Å². The van der Waals surface area contributed by atoms with Crippen LogP contribution in [0.2, 0.25) is 0 Å². The molecule has 0 aliphatic carbocycles. The van der Waals surface area contributed by atoms with Crippen molar-refractivity contribution in [1.29, 1.82) is 0 Å². The van der Waals surface area contributed by atoms with Crippen LogP contribution in [0.3, 0.4) is 0 Å². The maximum Gasteiger partial charge on any atom is 0.315 e. The van der Waals surface area contributed by atoms with Crippen LogP contribution in [0.1, 0.15) is 5.56 Å². The lowest BCUT2D eigenvalue weighted by Gasteiger charge is -2.09. The second kappa shape index (κ2) is 8.28. The molecule has 1 atom stereocenters. The van der Waals surface area contributed by atoms with E-state index in [0.29, 0.717) is 11.5 Å². The summed E-state index contributed by atoms with van der Waals surface area (Å²) in [5, 5.41) is 12.0. The Bertz CT molecular complexity index is 558. The number of hydrogen-bond donors (Lipinski definition) is 3. The van der Waals surface area contributed by atoms with Crippen molar-refractivity contribution in [1.82, 2.24) is 5.32 Å². The average Bonchev–Trinajstić information content (AvgIpc) is 2.43. The molecule has 116 valence electrons. The number of methoxy groups -OCH3 is 2. The van der Waals surface area contributed by atoms with Crippen LogP contribution in [0.5, 0.6) is 11.5 Å². The summed E-state index contributed by atoms with van der Waals surface area (Å²) in [4.78, 5) is 21.9. The molecule has 1 aromatic carbocycles. The SMILES string of the molecule is COc1ccc(CNC(=O)C=S(O)CC(=O)O)cc1OC. The number of rotatable bonds is 7. The minimum absolute atomic E-state index is 0.222. The first-order valence-corrected chi connectivity index (χ1v) is 7.31. The minimum atomic E-state index is -1.58. The summed E-state index contributed by atoms with van der Waals surface area (Å²) >= 11 is 0. The van der Waals surface area contributed by atoms with Crippen LogP contribution >= 0.6 is 10.8 Å². The van der Waals surface area contributed by atoms with Gasteiger partial charge >= 0.3 is 5.97 Å². The van der Waals surface area contributed by atoms with Crippen molar-refractivity contribution in [3.8, 4) is 11.5 Å². The number of carboxylic acids is 1. The molecule has 1 amide bonds. The molecule has 0 heterocycles. The van der Waals surface area contributed by atoms with Crippen LogP contribution < -0.4 is 14.8 Å². The first-order valence-electron chi connectivity index (χ1n) is 5.90. The largest absolute Gasteiger partial charge is 0.493 e. The number of carbonyl (C=O) groups excluding carboxylic acids is 1. The third-order valence-corrected chi connectivity index (χ3v) is 3.46. The van der Waals surface area contributed by atoms with E-state index in [1.54, 1.807) is 18.2 Å². The van der Waals surface area contributed by atoms with Crippen molar-refractivity contribution in [3.63, 3.8) is 0 Å². The van der Waals surface area contributed by atoms with E-state index in [-0.39, 0.29) is 6.54 Å². The Hall–Kier alpha value is -2.06. The summed E-state index contributed by atoms with van der Waals surface area (Å²) in [5.74, 6) is -1.05. The van der Waals surface area contributed by atoms with Crippen molar-refractivity contribution >= 4 is 28.0 Å². The number of benzene rings is 1. The summed E-state index contributed by atoms with van der Waals surface area (Å²) < 4.78 is 19.6. The zero-order valence-corrected chi connectivity index (χ0v) is 12.5. The maximum atomic E-state index is 11.5. The molecular formula is C13H17NO6S. The molecule has 0 saturated carbocycles. The molecule has 3 N–H and O–H groups in total. The van der Waals surface area contributed by atoms with Gasteiger partial charge in [-0.15, -0.1) is 0 Å². The smallest absolute Gasteiger partial charge is 0.315 e. The Kier molecular flexibility index (Phi) is 6.70. The predicted octanol–water partition coefficient (Wildman–Crippen LogP) is 0.949. The Morgan fingerprint density at radius 1 is 1.29 bits per heavy atom. The van der Waals surface area contributed by atoms with Gasteiger partial charge < -0.3 is 24.4 Å². The molecule has 0 aliphatic rings. The molecule has 1 rings (SSSR count). The Labute approximate surface area is 124 Å². The Morgan fingerprint density at radius 3 is 2.52 bits per heavy atom. The first kappa shape index (κ1) is 17.0. The van der Waals surface area contributed by atoms with E-state index in [9.17, 15) is 14.1 Å². The lowest BCUT2D eigenvalue weighted by molar-refractivity contribution is -0.134. The summed E-state index contributed by atoms with van der Waals surface area (Å²) in [6, 6.07) is 5.19. The number of nitrogens with one attached hydrogen (secondary N) is 1. The molecule has 7 nitrogen and oxygen atoms in total. The van der Waals surface area contributed by atoms with Gasteiger partial charge in [0.2, 0.25) is 0 Å². The highest BCUT2D eigenvalue weighted by atomic mass is 32.2. The predicted molar refractivity (Wildman–Crippen MR) is 80.2 cm³/mol. The molecule has 21 heavy (non-hydrogen) atoms. The van der Waals surface area contributed by atoms with Gasteiger partial charge in [0.05, 0.1) is 19.6 Å². The van der Waals surface area contributed by atoms with Crippen LogP contribution in [-0.2, 0) is 16.1 Å². The van der Waals surface area contributed by atoms with E-state index in [0.717, 1.165) is 10.9 Å². The second-order valence-electron chi connectivity index (χ2n) is 3.96. The number of hydrogen-bond acceptors (Lipinski definition) is 5. The van der Waals surface area contributed by atoms with Gasteiger partial charge in [-0.1, -0.05) is 6.07 Å². The summed E-state index contributed by atoms with van der Waals surface area (Å²) in [6.07, 6.45) is 0. The zero-order chi connectivity index (χ0) is 15.8. The molecule has 0 spiro atoms. The van der Waals surface area contributed by atoms with Crippen molar-refractivity contribution < 1.29 is 28.7 Å². The van der Waals surface area contributed by atoms with Gasteiger partial charge in [0, 0.05) is 6.54 Å². The number of carbonyl (C=O) groups is 2. The van der Waals surface area contributed by atoms with Gasteiger partial charge in [-0.05, 0) is 28.5 Å². The average molecular weight is 315 g/mol. The van der Waals surface area contributed by atoms with Crippen LogP contribution in [0.4, 0.5) is 0 Å². The normalized spacial score (nSPS) is 11.8. The minimum Gasteiger partial charge on any atom is -0.493 e. The van der Waals surface area contributed by atoms with Crippen molar-refractivity contribution in [2.75, 3.05) is 20.0 Å². The fraction of sp³-hybridized carbons (Fsp3) is 0.308. The van der Waals surface area contributed by atoms with E-state index in [4.69, 9.17) is 14.6 Å². The number of ether oxygens (including phenoxy) is 2. The third-order valence-electron chi connectivity index (χ3n) is 2.43. The third kappa shape index (κ3) is 5.84. The van der Waals surface area contributed by atoms with Crippen LogP contribution in [0.15, 0.2) is 18.2 Å². The van der Waals surface area contributed by atoms with Crippen LogP contribution in [-0.4, -0.2) is 46.9 Å². The van der Waals surface area contributed by atoms with Gasteiger partial charge in [-0.25, -0.2) is 0 Å². The highest BCUT2D eigenvalue weighted by molar-refractivity contribution is 8.11. The number of amides is 1. The molecule has 1 unspecified atom stereocenters. The summed E-state index contributed by atoms with van der Waals surface area (Å²) in [6.45, 7) is 0.222. The number of carboxylic acid groups (broad SMARTS) is 1. The summed E-state index contributed by atoms with van der Waals surface area (Å²) in [5.41, 5.74) is 0.783. The van der Waals surface area contributed by atoms with Crippen LogP contribution in [0.25, 0.3) is 0 Å². The highest BCUT2D eigenvalue weighted by Crippen LogP contribution is 2.27. The van der Waals surface area contributed by atoms with E-state index in [1.807, 2.05) is 0 Å². The quantitative estimate of drug-likeness (QED) is 0.647. The fourth-order valence-electron chi connectivity index (χ4n) is 1.51. The molecule has 8 heteroatoms. The van der Waals surface area contributed by atoms with Crippen molar-refractivity contribution in [3.05, 3.63) is 23.8 Å². The molecule has 0 bridgehead atoms. The number of aliphatic carboxylic acids is 1. The van der Waals surface area contributed by atoms with Gasteiger partial charge in [0.15, 0.2) is 11.5 Å². The Morgan fingerprint density at radius 2 is 1.95 bits per heavy atom. The summed E-state index contributed by atoms with van der Waals surface area (Å²) in [7, 11) is 1.46. The van der Waals surface area contributed by atoms with Gasteiger partial charge in [-0.3, -0.25) is 9.59 Å². The van der Waals surface area contributed by atoms with Crippen LogP contribution in [0, 0.1) is 0 Å². The van der Waals surface area contributed by atoms with E-state index < -0.39 is 28.4 Å². The first-order chi connectivity index (χ1) is 9.96. The van der Waals surface area contributed by atoms with Gasteiger partial charge in [0.1, 0.15) is 5.75 Å². The standard InChI is InChI=1S/C13H17NO6S/c1-19-10-4-3-9(5-11(10)20-2)6-14-12(15)7-21(18)8-13(16)17/h3-5,7,18H,6,8H2,1-2H3,(H,14,15)(H,16,17). The fourth-order valence-corrected chi connectivity index (χ4v) is 2.18. The lowest BCUT2D eigenvalue weighted by atomic mass is 10.2. The molecular weight excluding hydrogens is 298 g/mol. The monoisotopic (exact) mass is 315 g/mol. The molecule has 1 aromatic rings. The molecule has 0 fully saturated rings. The lowest BCUT2D eigenvalue weighted by Crippen LogP contribution is -2.24. The van der Waals surface area contributed by atoms with Gasteiger partial charge in [-0.2, -0.15) is 0 Å². The zero-order valence-electron chi connectivity index (χ0n) is 11.7. The highest BCUT2D eigenvalue weighted by Gasteiger charge is 2.06. The topological polar surface area (TPSA) is 105 Å².